The molecular weight excluding hydrogens is 454 g/mol. The summed E-state index contributed by atoms with van der Waals surface area (Å²) in [6, 6.07) is 11.8. The molecule has 0 bridgehead atoms. The predicted molar refractivity (Wildman–Crippen MR) is 126 cm³/mol. The molecule has 35 heavy (non-hydrogen) atoms. The van der Waals surface area contributed by atoms with Gasteiger partial charge in [-0.3, -0.25) is 14.5 Å². The van der Waals surface area contributed by atoms with Crippen LogP contribution in [0.1, 0.15) is 16.1 Å². The molecule has 10 nitrogen and oxygen atoms in total. The quantitative estimate of drug-likeness (QED) is 0.523. The largest absolute Gasteiger partial charge is 0.493 e. The molecule has 2 aliphatic heterocycles. The molecule has 1 saturated heterocycles. The highest BCUT2D eigenvalue weighted by Gasteiger charge is 2.29. The maximum absolute atomic E-state index is 13.0. The van der Waals surface area contributed by atoms with Crippen LogP contribution < -0.4 is 19.5 Å². The summed E-state index contributed by atoms with van der Waals surface area (Å²) in [7, 11) is 1.52. The molecule has 0 radical (unpaired) electrons. The second-order valence-electron chi connectivity index (χ2n) is 8.49. The van der Waals surface area contributed by atoms with Gasteiger partial charge in [0, 0.05) is 38.1 Å². The lowest BCUT2D eigenvalue weighted by Crippen LogP contribution is -2.55. The van der Waals surface area contributed by atoms with E-state index in [-0.39, 0.29) is 18.5 Å². The van der Waals surface area contributed by atoms with E-state index in [4.69, 9.17) is 18.6 Å². The molecule has 2 aromatic carbocycles. The second-order valence-corrected chi connectivity index (χ2v) is 8.49. The number of aliphatic hydroxyl groups is 1. The molecule has 1 fully saturated rings. The summed E-state index contributed by atoms with van der Waals surface area (Å²) in [4.78, 5) is 29.7. The number of para-hydroxylation sites is 1. The van der Waals surface area contributed by atoms with Gasteiger partial charge >= 0.3 is 0 Å². The molecule has 184 valence electrons. The van der Waals surface area contributed by atoms with Crippen molar-refractivity contribution in [3.8, 4) is 17.2 Å². The third kappa shape index (κ3) is 4.75. The number of aliphatic hydroxyl groups excluding tert-OH is 1. The molecule has 0 aliphatic carbocycles. The number of benzene rings is 2. The van der Waals surface area contributed by atoms with Gasteiger partial charge in [0.1, 0.15) is 6.04 Å². The highest BCUT2D eigenvalue weighted by atomic mass is 16.7. The molecule has 2 N–H and O–H groups in total. The van der Waals surface area contributed by atoms with Crippen LogP contribution in [0.2, 0.25) is 0 Å². The molecule has 0 saturated carbocycles. The minimum absolute atomic E-state index is 0.0456. The fourth-order valence-electron chi connectivity index (χ4n) is 4.37. The number of ether oxygens (including phenoxy) is 3. The van der Waals surface area contributed by atoms with E-state index in [1.807, 2.05) is 18.2 Å². The van der Waals surface area contributed by atoms with E-state index in [0.29, 0.717) is 42.9 Å². The Bertz CT molecular complexity index is 1230. The van der Waals surface area contributed by atoms with Crippen LogP contribution in [0.5, 0.6) is 17.2 Å². The Kier molecular flexibility index (Phi) is 6.47. The first-order chi connectivity index (χ1) is 17.1. The first kappa shape index (κ1) is 23.0. The van der Waals surface area contributed by atoms with Gasteiger partial charge in [-0.25, -0.2) is 0 Å². The van der Waals surface area contributed by atoms with Crippen molar-refractivity contribution in [1.82, 2.24) is 15.1 Å². The summed E-state index contributed by atoms with van der Waals surface area (Å²) < 4.78 is 21.7. The van der Waals surface area contributed by atoms with Gasteiger partial charge in [-0.1, -0.05) is 18.2 Å². The van der Waals surface area contributed by atoms with E-state index in [9.17, 15) is 14.7 Å². The molecule has 5 rings (SSSR count). The highest BCUT2D eigenvalue weighted by Crippen LogP contribution is 2.33. The Morgan fingerprint density at radius 2 is 1.89 bits per heavy atom. The number of nitrogens with one attached hydrogen (secondary N) is 1. The van der Waals surface area contributed by atoms with Crippen molar-refractivity contribution < 1.29 is 33.3 Å². The summed E-state index contributed by atoms with van der Waals surface area (Å²) in [6.45, 7) is 2.81. The van der Waals surface area contributed by atoms with Gasteiger partial charge in [-0.05, 0) is 29.8 Å². The molecule has 3 aromatic rings. The van der Waals surface area contributed by atoms with Crippen molar-refractivity contribution in [2.75, 3.05) is 46.7 Å². The van der Waals surface area contributed by atoms with E-state index in [0.717, 1.165) is 23.6 Å². The summed E-state index contributed by atoms with van der Waals surface area (Å²) in [5.41, 5.74) is 1.56. The number of piperazine rings is 1. The Morgan fingerprint density at radius 1 is 1.09 bits per heavy atom. The lowest BCUT2D eigenvalue weighted by atomic mass is 10.1. The van der Waals surface area contributed by atoms with Crippen LogP contribution in [0.4, 0.5) is 0 Å². The third-order valence-corrected chi connectivity index (χ3v) is 6.26. The van der Waals surface area contributed by atoms with Crippen LogP contribution in [0.15, 0.2) is 46.9 Å². The lowest BCUT2D eigenvalue weighted by molar-refractivity contribution is -0.136. The van der Waals surface area contributed by atoms with Crippen molar-refractivity contribution in [3.63, 3.8) is 0 Å². The van der Waals surface area contributed by atoms with Crippen molar-refractivity contribution in [2.45, 2.75) is 12.6 Å². The van der Waals surface area contributed by atoms with Crippen LogP contribution in [-0.2, 0) is 11.3 Å². The molecule has 2 amide bonds. The molecule has 1 atom stereocenters. The topological polar surface area (TPSA) is 114 Å². The summed E-state index contributed by atoms with van der Waals surface area (Å²) in [5, 5.41) is 13.1. The number of nitrogens with zero attached hydrogens (tertiary/aromatic N) is 2. The van der Waals surface area contributed by atoms with Gasteiger partial charge in [-0.2, -0.15) is 0 Å². The van der Waals surface area contributed by atoms with E-state index < -0.39 is 18.6 Å². The van der Waals surface area contributed by atoms with E-state index in [1.165, 1.54) is 7.11 Å². The molecule has 10 heteroatoms. The SMILES string of the molecule is COc1cccc2cc(C(=O)NC(CO)C(=O)N3CCN(Cc4ccc5c(c4)OCO5)CC3)oc12. The summed E-state index contributed by atoms with van der Waals surface area (Å²) in [5.74, 6) is 1.16. The van der Waals surface area contributed by atoms with Crippen LogP contribution in [-0.4, -0.2) is 79.5 Å². The lowest BCUT2D eigenvalue weighted by Gasteiger charge is -2.36. The second kappa shape index (κ2) is 9.85. The number of carbonyl (C=O) groups is 2. The van der Waals surface area contributed by atoms with Crippen molar-refractivity contribution in [3.05, 3.63) is 53.8 Å². The first-order valence-electron chi connectivity index (χ1n) is 11.4. The van der Waals surface area contributed by atoms with E-state index in [2.05, 4.69) is 10.2 Å². The third-order valence-electron chi connectivity index (χ3n) is 6.26. The molecule has 0 spiro atoms. The van der Waals surface area contributed by atoms with E-state index in [1.54, 1.807) is 29.2 Å². The Labute approximate surface area is 201 Å². The fraction of sp³-hybridized carbons (Fsp3) is 0.360. The Hall–Kier alpha value is -3.76. The Balaban J connectivity index is 1.17. The van der Waals surface area contributed by atoms with Gasteiger partial charge in [0.15, 0.2) is 28.6 Å². The average molecular weight is 482 g/mol. The molecular formula is C25H27N3O7. The average Bonchev–Trinajstić information content (AvgIpc) is 3.54. The first-order valence-corrected chi connectivity index (χ1v) is 11.4. The Morgan fingerprint density at radius 3 is 2.66 bits per heavy atom. The monoisotopic (exact) mass is 481 g/mol. The van der Waals surface area contributed by atoms with Crippen LogP contribution in [0.25, 0.3) is 11.0 Å². The van der Waals surface area contributed by atoms with Gasteiger partial charge in [0.25, 0.3) is 5.91 Å². The van der Waals surface area contributed by atoms with Crippen LogP contribution >= 0.6 is 0 Å². The number of rotatable bonds is 7. The normalized spacial score (nSPS) is 16.3. The molecule has 3 heterocycles. The zero-order valence-electron chi connectivity index (χ0n) is 19.4. The number of furan rings is 1. The molecule has 2 aliphatic rings. The zero-order chi connectivity index (χ0) is 24.4. The molecule has 1 unspecified atom stereocenters. The van der Waals surface area contributed by atoms with Crippen molar-refractivity contribution in [1.29, 1.82) is 0 Å². The van der Waals surface area contributed by atoms with Gasteiger partial charge in [0.2, 0.25) is 12.7 Å². The van der Waals surface area contributed by atoms with Crippen LogP contribution in [0, 0.1) is 0 Å². The maximum Gasteiger partial charge on any atom is 0.287 e. The predicted octanol–water partition coefficient (Wildman–Crippen LogP) is 1.61. The van der Waals surface area contributed by atoms with Gasteiger partial charge in [-0.15, -0.1) is 0 Å². The summed E-state index contributed by atoms with van der Waals surface area (Å²) >= 11 is 0. The fourth-order valence-corrected chi connectivity index (χ4v) is 4.37. The molecule has 1 aromatic heterocycles. The van der Waals surface area contributed by atoms with Gasteiger partial charge < -0.3 is 34.0 Å². The van der Waals surface area contributed by atoms with Gasteiger partial charge in [0.05, 0.1) is 13.7 Å². The number of hydrogen-bond donors (Lipinski definition) is 2. The summed E-state index contributed by atoms with van der Waals surface area (Å²) in [6.07, 6.45) is 0. The number of fused-ring (bicyclic) bond motifs is 2. The van der Waals surface area contributed by atoms with Crippen LogP contribution in [0.3, 0.4) is 0 Å². The number of amides is 2. The highest BCUT2D eigenvalue weighted by molar-refractivity contribution is 5.99. The van der Waals surface area contributed by atoms with Crippen molar-refractivity contribution in [2.24, 2.45) is 0 Å². The number of carbonyl (C=O) groups excluding carboxylic acids is 2. The smallest absolute Gasteiger partial charge is 0.287 e. The number of hydrogen-bond acceptors (Lipinski definition) is 8. The van der Waals surface area contributed by atoms with Crippen molar-refractivity contribution >= 4 is 22.8 Å². The van der Waals surface area contributed by atoms with E-state index >= 15 is 0 Å². The number of methoxy groups -OCH3 is 1. The minimum atomic E-state index is -1.06. The zero-order valence-corrected chi connectivity index (χ0v) is 19.4. The minimum Gasteiger partial charge on any atom is -0.493 e. The maximum atomic E-state index is 13.0. The standard InChI is InChI=1S/C25H27N3O7/c1-32-20-4-2-3-17-12-22(35-23(17)20)24(30)26-18(14-29)25(31)28-9-7-27(8-10-28)13-16-5-6-19-21(11-16)34-15-33-19/h2-6,11-12,18,29H,7-10,13-15H2,1H3,(H,26,30).